The SMILES string of the molecule is CCC(C)CC(C)NCc1cccc(OC)c1. The van der Waals surface area contributed by atoms with Crippen molar-refractivity contribution in [2.24, 2.45) is 5.92 Å². The van der Waals surface area contributed by atoms with Gasteiger partial charge in [0.2, 0.25) is 0 Å². The molecule has 0 saturated heterocycles. The van der Waals surface area contributed by atoms with E-state index >= 15 is 0 Å². The van der Waals surface area contributed by atoms with Crippen molar-refractivity contribution in [2.75, 3.05) is 7.11 Å². The molecule has 2 heteroatoms. The molecule has 0 aromatic heterocycles. The van der Waals surface area contributed by atoms with Crippen LogP contribution in [0.25, 0.3) is 0 Å². The van der Waals surface area contributed by atoms with E-state index in [1.54, 1.807) is 7.11 Å². The molecule has 2 nitrogen and oxygen atoms in total. The van der Waals surface area contributed by atoms with Gasteiger partial charge in [0.25, 0.3) is 0 Å². The van der Waals surface area contributed by atoms with Crippen LogP contribution in [0.3, 0.4) is 0 Å². The van der Waals surface area contributed by atoms with Gasteiger partial charge in [-0.2, -0.15) is 0 Å². The maximum Gasteiger partial charge on any atom is 0.119 e. The van der Waals surface area contributed by atoms with Crippen LogP contribution in [0.15, 0.2) is 24.3 Å². The third kappa shape index (κ3) is 5.22. The van der Waals surface area contributed by atoms with E-state index in [1.165, 1.54) is 18.4 Å². The smallest absolute Gasteiger partial charge is 0.119 e. The van der Waals surface area contributed by atoms with Crippen LogP contribution in [-0.2, 0) is 6.54 Å². The Morgan fingerprint density at radius 2 is 2.06 bits per heavy atom. The molecule has 0 saturated carbocycles. The topological polar surface area (TPSA) is 21.3 Å². The van der Waals surface area contributed by atoms with Crippen molar-refractivity contribution in [3.05, 3.63) is 29.8 Å². The van der Waals surface area contributed by atoms with Crippen molar-refractivity contribution in [2.45, 2.75) is 46.2 Å². The zero-order valence-corrected chi connectivity index (χ0v) is 11.5. The zero-order chi connectivity index (χ0) is 12.7. The van der Waals surface area contributed by atoms with Crippen LogP contribution in [0.4, 0.5) is 0 Å². The Morgan fingerprint density at radius 3 is 2.71 bits per heavy atom. The molecule has 0 spiro atoms. The first-order chi connectivity index (χ1) is 8.15. The normalized spacial score (nSPS) is 14.4. The summed E-state index contributed by atoms with van der Waals surface area (Å²) in [4.78, 5) is 0. The number of rotatable bonds is 7. The van der Waals surface area contributed by atoms with Crippen molar-refractivity contribution in [1.82, 2.24) is 5.32 Å². The van der Waals surface area contributed by atoms with Gasteiger partial charge in [-0.05, 0) is 37.0 Å². The van der Waals surface area contributed by atoms with Gasteiger partial charge in [0.15, 0.2) is 0 Å². The molecule has 1 aromatic rings. The summed E-state index contributed by atoms with van der Waals surface area (Å²) in [5, 5.41) is 3.56. The van der Waals surface area contributed by atoms with Gasteiger partial charge in [-0.3, -0.25) is 0 Å². The van der Waals surface area contributed by atoms with Crippen LogP contribution in [0, 0.1) is 5.92 Å². The predicted molar refractivity (Wildman–Crippen MR) is 73.4 cm³/mol. The third-order valence-corrected chi connectivity index (χ3v) is 3.24. The van der Waals surface area contributed by atoms with E-state index in [4.69, 9.17) is 4.74 Å². The Hall–Kier alpha value is -1.02. The van der Waals surface area contributed by atoms with E-state index < -0.39 is 0 Å². The summed E-state index contributed by atoms with van der Waals surface area (Å²) in [6.45, 7) is 7.73. The van der Waals surface area contributed by atoms with Gasteiger partial charge in [0.05, 0.1) is 7.11 Å². The first kappa shape index (κ1) is 14.0. The summed E-state index contributed by atoms with van der Waals surface area (Å²) in [6.07, 6.45) is 2.49. The number of methoxy groups -OCH3 is 1. The summed E-state index contributed by atoms with van der Waals surface area (Å²) in [6, 6.07) is 8.80. The van der Waals surface area contributed by atoms with E-state index in [9.17, 15) is 0 Å². The summed E-state index contributed by atoms with van der Waals surface area (Å²) in [5.41, 5.74) is 1.28. The molecule has 2 unspecified atom stereocenters. The van der Waals surface area contributed by atoms with Crippen LogP contribution in [-0.4, -0.2) is 13.2 Å². The van der Waals surface area contributed by atoms with Crippen LogP contribution < -0.4 is 10.1 Å². The Morgan fingerprint density at radius 1 is 1.29 bits per heavy atom. The highest BCUT2D eigenvalue weighted by molar-refractivity contribution is 5.28. The average molecular weight is 235 g/mol. The standard InChI is InChI=1S/C15H25NO/c1-5-12(2)9-13(3)16-11-14-7-6-8-15(10-14)17-4/h6-8,10,12-13,16H,5,9,11H2,1-4H3. The highest BCUT2D eigenvalue weighted by Gasteiger charge is 2.06. The molecular formula is C15H25NO. The molecule has 0 aliphatic carbocycles. The van der Waals surface area contributed by atoms with E-state index in [1.807, 2.05) is 12.1 Å². The Bertz CT molecular complexity index is 324. The monoisotopic (exact) mass is 235 g/mol. The zero-order valence-electron chi connectivity index (χ0n) is 11.5. The van der Waals surface area contributed by atoms with Gasteiger partial charge >= 0.3 is 0 Å². The molecule has 0 aliphatic rings. The summed E-state index contributed by atoms with van der Waals surface area (Å²) in [7, 11) is 1.71. The maximum absolute atomic E-state index is 5.22. The Balaban J connectivity index is 2.38. The van der Waals surface area contributed by atoms with Crippen LogP contribution >= 0.6 is 0 Å². The lowest BCUT2D eigenvalue weighted by Gasteiger charge is -2.17. The molecule has 0 heterocycles. The van der Waals surface area contributed by atoms with Crippen molar-refractivity contribution < 1.29 is 4.74 Å². The molecule has 0 bridgehead atoms. The van der Waals surface area contributed by atoms with E-state index in [0.29, 0.717) is 6.04 Å². The lowest BCUT2D eigenvalue weighted by Crippen LogP contribution is -2.27. The lowest BCUT2D eigenvalue weighted by atomic mass is 10.0. The molecule has 1 N–H and O–H groups in total. The molecule has 17 heavy (non-hydrogen) atoms. The molecule has 0 fully saturated rings. The molecule has 0 aliphatic heterocycles. The van der Waals surface area contributed by atoms with Gasteiger partial charge < -0.3 is 10.1 Å². The molecule has 1 aromatic carbocycles. The van der Waals surface area contributed by atoms with Crippen molar-refractivity contribution in [3.63, 3.8) is 0 Å². The summed E-state index contributed by atoms with van der Waals surface area (Å²) >= 11 is 0. The molecular weight excluding hydrogens is 210 g/mol. The first-order valence-corrected chi connectivity index (χ1v) is 6.52. The molecule has 96 valence electrons. The van der Waals surface area contributed by atoms with Crippen molar-refractivity contribution >= 4 is 0 Å². The maximum atomic E-state index is 5.22. The highest BCUT2D eigenvalue weighted by atomic mass is 16.5. The van der Waals surface area contributed by atoms with Gasteiger partial charge in [-0.25, -0.2) is 0 Å². The second kappa shape index (κ2) is 7.33. The lowest BCUT2D eigenvalue weighted by molar-refractivity contribution is 0.407. The molecule has 0 radical (unpaired) electrons. The quantitative estimate of drug-likeness (QED) is 0.779. The minimum absolute atomic E-state index is 0.566. The van der Waals surface area contributed by atoms with Gasteiger partial charge in [0, 0.05) is 12.6 Å². The van der Waals surface area contributed by atoms with E-state index in [-0.39, 0.29) is 0 Å². The average Bonchev–Trinajstić information content (AvgIpc) is 2.36. The second-order valence-electron chi connectivity index (χ2n) is 4.88. The number of hydrogen-bond donors (Lipinski definition) is 1. The predicted octanol–water partition coefficient (Wildman–Crippen LogP) is 3.61. The minimum Gasteiger partial charge on any atom is -0.497 e. The fourth-order valence-corrected chi connectivity index (χ4v) is 1.93. The summed E-state index contributed by atoms with van der Waals surface area (Å²) in [5.74, 6) is 1.72. The number of nitrogens with one attached hydrogen (secondary N) is 1. The third-order valence-electron chi connectivity index (χ3n) is 3.24. The van der Waals surface area contributed by atoms with E-state index in [2.05, 4.69) is 38.2 Å². The minimum atomic E-state index is 0.566. The first-order valence-electron chi connectivity index (χ1n) is 6.52. The Kier molecular flexibility index (Phi) is 6.06. The fourth-order valence-electron chi connectivity index (χ4n) is 1.93. The summed E-state index contributed by atoms with van der Waals surface area (Å²) < 4.78 is 5.22. The largest absolute Gasteiger partial charge is 0.497 e. The Labute approximate surface area is 105 Å². The van der Waals surface area contributed by atoms with Crippen LogP contribution in [0.2, 0.25) is 0 Å². The van der Waals surface area contributed by atoms with Crippen LogP contribution in [0.5, 0.6) is 5.75 Å². The van der Waals surface area contributed by atoms with Crippen LogP contribution in [0.1, 0.15) is 39.2 Å². The number of benzene rings is 1. The van der Waals surface area contributed by atoms with Crippen molar-refractivity contribution in [1.29, 1.82) is 0 Å². The molecule has 1 rings (SSSR count). The number of hydrogen-bond acceptors (Lipinski definition) is 2. The highest BCUT2D eigenvalue weighted by Crippen LogP contribution is 2.13. The van der Waals surface area contributed by atoms with Gasteiger partial charge in [-0.1, -0.05) is 32.4 Å². The number of ether oxygens (including phenoxy) is 1. The molecule has 0 amide bonds. The van der Waals surface area contributed by atoms with Crippen molar-refractivity contribution in [3.8, 4) is 5.75 Å². The second-order valence-corrected chi connectivity index (χ2v) is 4.88. The van der Waals surface area contributed by atoms with Gasteiger partial charge in [-0.15, -0.1) is 0 Å². The van der Waals surface area contributed by atoms with E-state index in [0.717, 1.165) is 18.2 Å². The van der Waals surface area contributed by atoms with Gasteiger partial charge in [0.1, 0.15) is 5.75 Å². The molecule has 2 atom stereocenters. The fraction of sp³-hybridized carbons (Fsp3) is 0.600.